The molecule has 1 atom stereocenters. The third-order valence-electron chi connectivity index (χ3n) is 2.80. The average Bonchev–Trinajstić information content (AvgIpc) is 2.91. The van der Waals surface area contributed by atoms with Crippen LogP contribution in [0.25, 0.3) is 11.2 Å². The van der Waals surface area contributed by atoms with E-state index in [2.05, 4.69) is 37.5 Å². The van der Waals surface area contributed by atoms with Gasteiger partial charge in [0.1, 0.15) is 11.1 Å². The quantitative estimate of drug-likeness (QED) is 0.496. The van der Waals surface area contributed by atoms with E-state index in [1.165, 1.54) is 6.33 Å². The monoisotopic (exact) mass is 280 g/mol. The van der Waals surface area contributed by atoms with Crippen molar-refractivity contribution in [2.75, 3.05) is 30.3 Å². The predicted octanol–water partition coefficient (Wildman–Crippen LogP) is 0.330. The van der Waals surface area contributed by atoms with Gasteiger partial charge in [0, 0.05) is 13.1 Å². The fourth-order valence-corrected chi connectivity index (χ4v) is 1.61. The van der Waals surface area contributed by atoms with E-state index >= 15 is 0 Å². The fourth-order valence-electron chi connectivity index (χ4n) is 1.61. The van der Waals surface area contributed by atoms with Gasteiger partial charge in [-0.15, -0.1) is 0 Å². The summed E-state index contributed by atoms with van der Waals surface area (Å²) in [5.74, 6) is 1.03. The second kappa shape index (κ2) is 6.02. The highest BCUT2D eigenvalue weighted by atomic mass is 16.3. The number of fused-ring (bicyclic) bond motifs is 1. The molecule has 0 bridgehead atoms. The van der Waals surface area contributed by atoms with Gasteiger partial charge in [-0.25, -0.2) is 4.98 Å². The van der Waals surface area contributed by atoms with Crippen molar-refractivity contribution in [3.63, 3.8) is 0 Å². The van der Waals surface area contributed by atoms with Crippen LogP contribution in [0, 0.1) is 0 Å². The minimum absolute atomic E-state index is 0.169. The zero-order valence-corrected chi connectivity index (χ0v) is 11.6. The van der Waals surface area contributed by atoms with E-state index in [-0.39, 0.29) is 13.2 Å². The highest BCUT2D eigenvalue weighted by molar-refractivity contribution is 5.83. The van der Waals surface area contributed by atoms with Crippen molar-refractivity contribution in [1.29, 1.82) is 0 Å². The lowest BCUT2D eigenvalue weighted by Crippen LogP contribution is -2.37. The Morgan fingerprint density at radius 3 is 2.85 bits per heavy atom. The highest BCUT2D eigenvalue weighted by Crippen LogP contribution is 2.19. The third kappa shape index (κ3) is 3.34. The van der Waals surface area contributed by atoms with Gasteiger partial charge < -0.3 is 25.8 Å². The lowest BCUT2D eigenvalue weighted by molar-refractivity contribution is 0.0132. The maximum absolute atomic E-state index is 9.82. The number of hydrogen-bond donors (Lipinski definition) is 5. The molecule has 110 valence electrons. The summed E-state index contributed by atoms with van der Waals surface area (Å²) in [6, 6.07) is 0. The molecule has 0 radical (unpaired) electrons. The molecule has 0 aliphatic rings. The molecule has 8 heteroatoms. The van der Waals surface area contributed by atoms with Crippen molar-refractivity contribution in [3.8, 4) is 0 Å². The number of aromatic amines is 1. The molecule has 8 nitrogen and oxygen atoms in total. The summed E-state index contributed by atoms with van der Waals surface area (Å²) in [6.07, 6.45) is 2.50. The summed E-state index contributed by atoms with van der Waals surface area (Å²) in [4.78, 5) is 15.7. The standard InChI is InChI=1S/C12H20N6O2/c1-3-4-13-11-17-9(14-5-12(2,20)6-19)8-10(18-11)16-7-15-8/h7,19-20H,3-6H2,1-2H3,(H3,13,14,15,16,17,18). The SMILES string of the molecule is CCCNc1nc(NCC(C)(O)CO)c2[nH]cnc2n1. The number of anilines is 2. The van der Waals surface area contributed by atoms with E-state index in [9.17, 15) is 5.11 Å². The highest BCUT2D eigenvalue weighted by Gasteiger charge is 2.20. The van der Waals surface area contributed by atoms with Crippen LogP contribution in [0.2, 0.25) is 0 Å². The molecule has 2 heterocycles. The summed E-state index contributed by atoms with van der Waals surface area (Å²) in [6.45, 7) is 4.20. The van der Waals surface area contributed by atoms with Crippen LogP contribution in [-0.4, -0.2) is 55.4 Å². The molecule has 2 aromatic heterocycles. The molecule has 20 heavy (non-hydrogen) atoms. The molecular formula is C12H20N6O2. The van der Waals surface area contributed by atoms with E-state index in [0.717, 1.165) is 13.0 Å². The number of H-pyrrole nitrogens is 1. The number of aromatic nitrogens is 4. The first-order valence-electron chi connectivity index (χ1n) is 6.58. The molecule has 0 fully saturated rings. The van der Waals surface area contributed by atoms with Gasteiger partial charge in [-0.2, -0.15) is 9.97 Å². The van der Waals surface area contributed by atoms with Crippen molar-refractivity contribution in [2.45, 2.75) is 25.9 Å². The van der Waals surface area contributed by atoms with E-state index in [4.69, 9.17) is 5.11 Å². The lowest BCUT2D eigenvalue weighted by Gasteiger charge is -2.21. The predicted molar refractivity (Wildman–Crippen MR) is 76.7 cm³/mol. The Morgan fingerprint density at radius 2 is 2.15 bits per heavy atom. The van der Waals surface area contributed by atoms with Crippen LogP contribution in [0.15, 0.2) is 6.33 Å². The van der Waals surface area contributed by atoms with Gasteiger partial charge in [0.25, 0.3) is 0 Å². The molecule has 2 rings (SSSR count). The minimum atomic E-state index is -1.21. The number of hydrogen-bond acceptors (Lipinski definition) is 7. The zero-order valence-electron chi connectivity index (χ0n) is 11.6. The lowest BCUT2D eigenvalue weighted by atomic mass is 10.1. The van der Waals surface area contributed by atoms with Gasteiger partial charge in [0.2, 0.25) is 5.95 Å². The smallest absolute Gasteiger partial charge is 0.226 e. The summed E-state index contributed by atoms with van der Waals surface area (Å²) < 4.78 is 0. The topological polar surface area (TPSA) is 119 Å². The number of imidazole rings is 1. The van der Waals surface area contributed by atoms with Crippen LogP contribution in [0.4, 0.5) is 11.8 Å². The maximum atomic E-state index is 9.82. The van der Waals surface area contributed by atoms with Gasteiger partial charge >= 0.3 is 0 Å². The van der Waals surface area contributed by atoms with Crippen molar-refractivity contribution in [1.82, 2.24) is 19.9 Å². The van der Waals surface area contributed by atoms with E-state index < -0.39 is 5.60 Å². The van der Waals surface area contributed by atoms with Crippen LogP contribution in [-0.2, 0) is 0 Å². The van der Waals surface area contributed by atoms with Crippen LogP contribution >= 0.6 is 0 Å². The van der Waals surface area contributed by atoms with Crippen LogP contribution in [0.1, 0.15) is 20.3 Å². The second-order valence-electron chi connectivity index (χ2n) is 4.93. The molecular weight excluding hydrogens is 260 g/mol. The Kier molecular flexibility index (Phi) is 4.35. The van der Waals surface area contributed by atoms with Gasteiger partial charge in [-0.05, 0) is 13.3 Å². The Hall–Kier alpha value is -1.93. The fraction of sp³-hybridized carbons (Fsp3) is 0.583. The first-order chi connectivity index (χ1) is 9.55. The summed E-state index contributed by atoms with van der Waals surface area (Å²) >= 11 is 0. The normalized spacial score (nSPS) is 14.2. The van der Waals surface area contributed by atoms with Crippen molar-refractivity contribution < 1.29 is 10.2 Å². The number of aliphatic hydroxyl groups excluding tert-OH is 1. The van der Waals surface area contributed by atoms with E-state index in [0.29, 0.717) is 22.9 Å². The van der Waals surface area contributed by atoms with E-state index in [1.54, 1.807) is 6.92 Å². The number of aliphatic hydroxyl groups is 2. The number of nitrogens with one attached hydrogen (secondary N) is 3. The largest absolute Gasteiger partial charge is 0.393 e. The Balaban J connectivity index is 2.23. The van der Waals surface area contributed by atoms with Crippen LogP contribution < -0.4 is 10.6 Å². The molecule has 1 unspecified atom stereocenters. The van der Waals surface area contributed by atoms with Gasteiger partial charge in [0.05, 0.1) is 12.9 Å². The van der Waals surface area contributed by atoms with Gasteiger partial charge in [-0.3, -0.25) is 0 Å². The van der Waals surface area contributed by atoms with Gasteiger partial charge in [-0.1, -0.05) is 6.92 Å². The first-order valence-corrected chi connectivity index (χ1v) is 6.58. The van der Waals surface area contributed by atoms with E-state index in [1.807, 2.05) is 0 Å². The maximum Gasteiger partial charge on any atom is 0.226 e. The van der Waals surface area contributed by atoms with Crippen LogP contribution in [0.5, 0.6) is 0 Å². The molecule has 0 saturated heterocycles. The Labute approximate surface area is 116 Å². The minimum Gasteiger partial charge on any atom is -0.393 e. The summed E-state index contributed by atoms with van der Waals surface area (Å²) in [5, 5.41) is 25.0. The molecule has 0 aliphatic heterocycles. The molecule has 0 aliphatic carbocycles. The Bertz CT molecular complexity index is 568. The molecule has 0 amide bonds. The molecule has 0 spiro atoms. The zero-order chi connectivity index (χ0) is 14.6. The van der Waals surface area contributed by atoms with Crippen molar-refractivity contribution in [3.05, 3.63) is 6.33 Å². The second-order valence-corrected chi connectivity index (χ2v) is 4.93. The molecule has 0 saturated carbocycles. The molecule has 5 N–H and O–H groups in total. The third-order valence-corrected chi connectivity index (χ3v) is 2.80. The average molecular weight is 280 g/mol. The van der Waals surface area contributed by atoms with Crippen molar-refractivity contribution in [2.24, 2.45) is 0 Å². The summed E-state index contributed by atoms with van der Waals surface area (Å²) in [7, 11) is 0. The number of rotatable bonds is 7. The summed E-state index contributed by atoms with van der Waals surface area (Å²) in [5.41, 5.74) is -0.000527. The first kappa shape index (κ1) is 14.5. The Morgan fingerprint density at radius 1 is 1.35 bits per heavy atom. The number of nitrogens with zero attached hydrogens (tertiary/aromatic N) is 3. The van der Waals surface area contributed by atoms with Crippen LogP contribution in [0.3, 0.4) is 0 Å². The molecule has 0 aromatic carbocycles. The van der Waals surface area contributed by atoms with Crippen molar-refractivity contribution >= 4 is 22.9 Å². The molecule has 2 aromatic rings. The van der Waals surface area contributed by atoms with Gasteiger partial charge in [0.15, 0.2) is 11.5 Å².